The van der Waals surface area contributed by atoms with E-state index >= 15 is 0 Å². The van der Waals surface area contributed by atoms with Gasteiger partial charge in [0.1, 0.15) is 6.17 Å². The molecular formula is C35H57F. The molecular weight excluding hydrogens is 439 g/mol. The molecule has 0 saturated heterocycles. The summed E-state index contributed by atoms with van der Waals surface area (Å²) in [6.07, 6.45) is 28.7. The lowest BCUT2D eigenvalue weighted by Crippen LogP contribution is -2.00. The molecule has 0 aliphatic rings. The second-order valence-electron chi connectivity index (χ2n) is 11.3. The number of halogens is 1. The van der Waals surface area contributed by atoms with Crippen LogP contribution in [0.2, 0.25) is 0 Å². The topological polar surface area (TPSA) is 0 Å². The maximum Gasteiger partial charge on any atom is 0.100 e. The molecule has 0 radical (unpaired) electrons. The summed E-state index contributed by atoms with van der Waals surface area (Å²) >= 11 is 0. The van der Waals surface area contributed by atoms with Gasteiger partial charge in [-0.3, -0.25) is 0 Å². The molecule has 0 heterocycles. The van der Waals surface area contributed by atoms with Gasteiger partial charge in [0.25, 0.3) is 0 Å². The predicted molar refractivity (Wildman–Crippen MR) is 160 cm³/mol. The minimum Gasteiger partial charge on any atom is -0.247 e. The van der Waals surface area contributed by atoms with Crippen LogP contribution in [0.15, 0.2) is 42.5 Å². The molecule has 0 spiro atoms. The van der Waals surface area contributed by atoms with E-state index in [1.54, 1.807) is 0 Å². The molecule has 0 aliphatic heterocycles. The highest BCUT2D eigenvalue weighted by atomic mass is 19.1. The summed E-state index contributed by atoms with van der Waals surface area (Å²) in [5.41, 5.74) is 1.48. The van der Waals surface area contributed by atoms with Gasteiger partial charge in [-0.05, 0) is 42.0 Å². The van der Waals surface area contributed by atoms with E-state index in [0.717, 1.165) is 25.7 Å². The van der Waals surface area contributed by atoms with E-state index in [9.17, 15) is 4.39 Å². The Morgan fingerprint density at radius 2 is 0.944 bits per heavy atom. The van der Waals surface area contributed by atoms with Gasteiger partial charge < -0.3 is 0 Å². The first-order valence-electron chi connectivity index (χ1n) is 15.9. The van der Waals surface area contributed by atoms with Gasteiger partial charge >= 0.3 is 0 Å². The van der Waals surface area contributed by atoms with E-state index in [4.69, 9.17) is 0 Å². The largest absolute Gasteiger partial charge is 0.247 e. The number of aryl methyl sites for hydroxylation is 1. The Kier molecular flexibility index (Phi) is 18.6. The summed E-state index contributed by atoms with van der Waals surface area (Å²) in [5.74, 6) is 0. The number of alkyl halides is 1. The van der Waals surface area contributed by atoms with E-state index in [2.05, 4.69) is 49.4 Å². The predicted octanol–water partition coefficient (Wildman–Crippen LogP) is 12.3. The highest BCUT2D eigenvalue weighted by molar-refractivity contribution is 5.85. The van der Waals surface area contributed by atoms with Crippen molar-refractivity contribution in [1.82, 2.24) is 0 Å². The van der Waals surface area contributed by atoms with Crippen LogP contribution in [-0.2, 0) is 6.42 Å². The summed E-state index contributed by atoms with van der Waals surface area (Å²) < 4.78 is 14.2. The van der Waals surface area contributed by atoms with Gasteiger partial charge in [0.05, 0.1) is 0 Å². The van der Waals surface area contributed by atoms with Crippen molar-refractivity contribution in [2.45, 2.75) is 161 Å². The number of benzene rings is 2. The summed E-state index contributed by atoms with van der Waals surface area (Å²) in [7, 11) is 0. The fourth-order valence-electron chi connectivity index (χ4n) is 5.60. The summed E-state index contributed by atoms with van der Waals surface area (Å²) in [5, 5.41) is 2.76. The van der Waals surface area contributed by atoms with Gasteiger partial charge in [0.2, 0.25) is 0 Å². The van der Waals surface area contributed by atoms with Gasteiger partial charge in [-0.25, -0.2) is 4.39 Å². The van der Waals surface area contributed by atoms with Crippen LogP contribution in [0.1, 0.15) is 154 Å². The molecule has 0 aromatic heterocycles. The monoisotopic (exact) mass is 496 g/mol. The Hall–Kier alpha value is -1.37. The Bertz CT molecular complexity index is 746. The quantitative estimate of drug-likeness (QED) is 0.127. The van der Waals surface area contributed by atoms with Crippen molar-refractivity contribution in [3.8, 4) is 0 Å². The van der Waals surface area contributed by atoms with Crippen LogP contribution in [-0.4, -0.2) is 6.17 Å². The third-order valence-corrected chi connectivity index (χ3v) is 7.96. The smallest absolute Gasteiger partial charge is 0.100 e. The van der Waals surface area contributed by atoms with E-state index < -0.39 is 6.17 Å². The first-order valence-corrected chi connectivity index (χ1v) is 15.9. The van der Waals surface area contributed by atoms with Crippen molar-refractivity contribution in [2.75, 3.05) is 0 Å². The van der Waals surface area contributed by atoms with Crippen LogP contribution in [0, 0.1) is 0 Å². The van der Waals surface area contributed by atoms with Crippen molar-refractivity contribution < 1.29 is 4.39 Å². The van der Waals surface area contributed by atoms with Crippen LogP contribution >= 0.6 is 0 Å². The number of unbranched alkanes of at least 4 members (excludes halogenated alkanes) is 18. The highest BCUT2D eigenvalue weighted by Crippen LogP contribution is 2.21. The standard InChI is InChI=1S/C35H57F/c1-2-3-4-5-6-7-8-9-10-11-12-13-17-20-29-34(36)30-21-18-15-14-16-19-25-32-27-24-28-33-26-22-23-31-35(32)33/h22-24,26-28,31,34H,2-21,25,29-30H2,1H3. The lowest BCUT2D eigenvalue weighted by Gasteiger charge is -2.09. The van der Waals surface area contributed by atoms with Crippen molar-refractivity contribution in [1.29, 1.82) is 0 Å². The van der Waals surface area contributed by atoms with E-state index in [-0.39, 0.29) is 0 Å². The van der Waals surface area contributed by atoms with Crippen molar-refractivity contribution in [3.05, 3.63) is 48.0 Å². The first-order chi connectivity index (χ1) is 17.8. The van der Waals surface area contributed by atoms with Crippen LogP contribution in [0.3, 0.4) is 0 Å². The van der Waals surface area contributed by atoms with Crippen LogP contribution < -0.4 is 0 Å². The van der Waals surface area contributed by atoms with E-state index in [1.165, 1.54) is 138 Å². The molecule has 0 aliphatic carbocycles. The summed E-state index contributed by atoms with van der Waals surface area (Å²) in [6, 6.07) is 15.4. The lowest BCUT2D eigenvalue weighted by molar-refractivity contribution is 0.279. The molecule has 1 unspecified atom stereocenters. The molecule has 0 bridgehead atoms. The second-order valence-corrected chi connectivity index (χ2v) is 11.3. The van der Waals surface area contributed by atoms with Crippen molar-refractivity contribution in [2.24, 2.45) is 0 Å². The molecule has 1 heteroatoms. The minimum absolute atomic E-state index is 0.561. The van der Waals surface area contributed by atoms with Crippen molar-refractivity contribution in [3.63, 3.8) is 0 Å². The first kappa shape index (κ1) is 30.9. The Balaban J connectivity index is 1.31. The molecule has 2 rings (SSSR count). The van der Waals surface area contributed by atoms with Crippen LogP contribution in [0.4, 0.5) is 4.39 Å². The SMILES string of the molecule is CCCCCCCCCCCCCCCCC(F)CCCCCCCCc1cccc2ccccc12. The number of fused-ring (bicyclic) bond motifs is 1. The van der Waals surface area contributed by atoms with Crippen LogP contribution in [0.5, 0.6) is 0 Å². The summed E-state index contributed by atoms with van der Waals surface area (Å²) in [4.78, 5) is 0. The molecule has 0 saturated carbocycles. The molecule has 36 heavy (non-hydrogen) atoms. The maximum atomic E-state index is 14.2. The van der Waals surface area contributed by atoms with Crippen LogP contribution in [0.25, 0.3) is 10.8 Å². The number of rotatable bonds is 24. The fraction of sp³-hybridized carbons (Fsp3) is 0.714. The zero-order valence-corrected chi connectivity index (χ0v) is 23.8. The van der Waals surface area contributed by atoms with Gasteiger partial charge in [-0.15, -0.1) is 0 Å². The average Bonchev–Trinajstić information content (AvgIpc) is 2.90. The molecule has 1 atom stereocenters. The van der Waals surface area contributed by atoms with Gasteiger partial charge in [-0.1, -0.05) is 171 Å². The molecule has 0 nitrogen and oxygen atoms in total. The van der Waals surface area contributed by atoms with Crippen molar-refractivity contribution >= 4 is 10.8 Å². The average molecular weight is 497 g/mol. The third-order valence-electron chi connectivity index (χ3n) is 7.96. The Morgan fingerprint density at radius 1 is 0.500 bits per heavy atom. The van der Waals surface area contributed by atoms with Gasteiger partial charge in [0.15, 0.2) is 0 Å². The zero-order chi connectivity index (χ0) is 25.5. The Labute approximate surface area is 223 Å². The van der Waals surface area contributed by atoms with Gasteiger partial charge in [-0.2, -0.15) is 0 Å². The number of hydrogen-bond acceptors (Lipinski definition) is 0. The summed E-state index contributed by atoms with van der Waals surface area (Å²) in [6.45, 7) is 2.29. The molecule has 204 valence electrons. The van der Waals surface area contributed by atoms with E-state index in [1.807, 2.05) is 0 Å². The second kappa shape index (κ2) is 21.7. The lowest BCUT2D eigenvalue weighted by atomic mass is 9.99. The van der Waals surface area contributed by atoms with Gasteiger partial charge in [0, 0.05) is 0 Å². The van der Waals surface area contributed by atoms with E-state index in [0.29, 0.717) is 0 Å². The fourth-order valence-corrected chi connectivity index (χ4v) is 5.60. The highest BCUT2D eigenvalue weighted by Gasteiger charge is 2.06. The third kappa shape index (κ3) is 15.0. The molecule has 0 N–H and O–H groups in total. The molecule has 0 fully saturated rings. The minimum atomic E-state index is -0.561. The molecule has 2 aromatic carbocycles. The zero-order valence-electron chi connectivity index (χ0n) is 23.8. The molecule has 0 amide bonds. The Morgan fingerprint density at radius 3 is 1.50 bits per heavy atom. The number of hydrogen-bond donors (Lipinski definition) is 0. The molecule has 2 aromatic rings. The normalized spacial score (nSPS) is 12.4. The maximum absolute atomic E-state index is 14.2.